The smallest absolute Gasteiger partial charge is 0.238 e. The summed E-state index contributed by atoms with van der Waals surface area (Å²) in [6.07, 6.45) is 0. The van der Waals surface area contributed by atoms with E-state index in [9.17, 15) is 8.42 Å². The third-order valence-corrected chi connectivity index (χ3v) is 5.57. The van der Waals surface area contributed by atoms with Gasteiger partial charge in [0.2, 0.25) is 10.0 Å². The van der Waals surface area contributed by atoms with Crippen LogP contribution in [0.1, 0.15) is 0 Å². The van der Waals surface area contributed by atoms with E-state index in [1.807, 2.05) is 12.1 Å². The summed E-state index contributed by atoms with van der Waals surface area (Å²) in [6.45, 7) is 2.85. The minimum absolute atomic E-state index is 0.0241. The molecule has 4 rings (SSSR count). The molecule has 1 aliphatic heterocycles. The average molecular weight is 435 g/mol. The van der Waals surface area contributed by atoms with Gasteiger partial charge in [-0.3, -0.25) is 0 Å². The zero-order valence-electron chi connectivity index (χ0n) is 15.2. The van der Waals surface area contributed by atoms with Gasteiger partial charge in [0.05, 0.1) is 29.5 Å². The van der Waals surface area contributed by atoms with E-state index < -0.39 is 10.0 Å². The molecule has 0 spiro atoms. The minimum atomic E-state index is -3.74. The van der Waals surface area contributed by atoms with E-state index in [1.165, 1.54) is 12.1 Å². The van der Waals surface area contributed by atoms with Crippen molar-refractivity contribution in [2.24, 2.45) is 5.14 Å². The Morgan fingerprint density at radius 3 is 2.41 bits per heavy atom. The van der Waals surface area contributed by atoms with E-state index in [-0.39, 0.29) is 4.90 Å². The van der Waals surface area contributed by atoms with Crippen LogP contribution in [-0.4, -0.2) is 50.1 Å². The molecule has 1 aromatic heterocycles. The maximum atomic E-state index is 11.3. The number of nitrogens with one attached hydrogen (secondary N) is 2. The van der Waals surface area contributed by atoms with Crippen molar-refractivity contribution in [2.45, 2.75) is 4.90 Å². The van der Waals surface area contributed by atoms with Crippen LogP contribution in [-0.2, 0) is 14.8 Å². The second kappa shape index (κ2) is 7.91. The van der Waals surface area contributed by atoms with Crippen LogP contribution in [0.5, 0.6) is 0 Å². The van der Waals surface area contributed by atoms with Gasteiger partial charge in [-0.25, -0.2) is 18.2 Å². The van der Waals surface area contributed by atoms with E-state index >= 15 is 0 Å². The van der Waals surface area contributed by atoms with E-state index in [4.69, 9.17) is 26.7 Å². The lowest BCUT2D eigenvalue weighted by Gasteiger charge is -2.28. The second-order valence-corrected chi connectivity index (χ2v) is 8.31. The molecule has 0 atom stereocenters. The number of ether oxygens (including phenoxy) is 1. The SMILES string of the molecule is NS(=O)(=O)c1ccc(NC(=S)Nc2ccc(N3CCOCC3)c3nonc23)cc1. The predicted molar refractivity (Wildman–Crippen MR) is 112 cm³/mol. The maximum Gasteiger partial charge on any atom is 0.238 e. The molecule has 2 aromatic carbocycles. The lowest BCUT2D eigenvalue weighted by molar-refractivity contribution is 0.123. The fraction of sp³-hybridized carbons (Fsp3) is 0.235. The Morgan fingerprint density at radius 2 is 1.72 bits per heavy atom. The van der Waals surface area contributed by atoms with Crippen molar-refractivity contribution in [1.82, 2.24) is 10.3 Å². The first-order valence-corrected chi connectivity index (χ1v) is 10.7. The molecule has 10 nitrogen and oxygen atoms in total. The zero-order valence-corrected chi connectivity index (χ0v) is 16.8. The highest BCUT2D eigenvalue weighted by atomic mass is 32.2. The first kappa shape index (κ1) is 19.5. The molecule has 0 unspecified atom stereocenters. The molecule has 1 fully saturated rings. The average Bonchev–Trinajstić information content (AvgIpc) is 3.19. The van der Waals surface area contributed by atoms with Crippen LogP contribution in [0.25, 0.3) is 11.0 Å². The summed E-state index contributed by atoms with van der Waals surface area (Å²) in [7, 11) is -3.74. The molecule has 3 aromatic rings. The lowest BCUT2D eigenvalue weighted by Crippen LogP contribution is -2.36. The largest absolute Gasteiger partial charge is 0.378 e. The van der Waals surface area contributed by atoms with Crippen LogP contribution < -0.4 is 20.7 Å². The van der Waals surface area contributed by atoms with Gasteiger partial charge in [-0.15, -0.1) is 0 Å². The van der Waals surface area contributed by atoms with E-state index in [0.29, 0.717) is 40.7 Å². The number of morpholine rings is 1. The topological polar surface area (TPSA) is 136 Å². The predicted octanol–water partition coefficient (Wildman–Crippen LogP) is 1.52. The number of rotatable bonds is 4. The highest BCUT2D eigenvalue weighted by molar-refractivity contribution is 7.89. The molecule has 152 valence electrons. The number of aromatic nitrogens is 2. The monoisotopic (exact) mass is 434 g/mol. The molecular formula is C17H18N6O4S2. The van der Waals surface area contributed by atoms with E-state index in [1.54, 1.807) is 12.1 Å². The summed E-state index contributed by atoms with van der Waals surface area (Å²) >= 11 is 5.35. The minimum Gasteiger partial charge on any atom is -0.378 e. The summed E-state index contributed by atoms with van der Waals surface area (Å²) in [4.78, 5) is 2.19. The van der Waals surface area contributed by atoms with Crippen LogP contribution in [0, 0.1) is 0 Å². The van der Waals surface area contributed by atoms with Crippen molar-refractivity contribution in [3.05, 3.63) is 36.4 Å². The number of primary sulfonamides is 1. The molecule has 0 amide bonds. The fourth-order valence-corrected chi connectivity index (χ4v) is 3.77. The molecule has 2 heterocycles. The fourth-order valence-electron chi connectivity index (χ4n) is 3.03. The van der Waals surface area contributed by atoms with Crippen molar-refractivity contribution in [3.8, 4) is 0 Å². The van der Waals surface area contributed by atoms with Gasteiger partial charge in [-0.1, -0.05) is 0 Å². The van der Waals surface area contributed by atoms with Gasteiger partial charge in [0.25, 0.3) is 0 Å². The molecule has 12 heteroatoms. The van der Waals surface area contributed by atoms with E-state index in [0.717, 1.165) is 18.8 Å². The highest BCUT2D eigenvalue weighted by Gasteiger charge is 2.19. The summed E-state index contributed by atoms with van der Waals surface area (Å²) in [5, 5.41) is 19.5. The number of hydrogen-bond donors (Lipinski definition) is 3. The van der Waals surface area contributed by atoms with Gasteiger partial charge < -0.3 is 20.3 Å². The zero-order chi connectivity index (χ0) is 20.4. The number of anilines is 3. The standard InChI is InChI=1S/C17H18N6O4S2/c18-29(24,25)12-3-1-11(2-4-12)19-17(28)20-13-5-6-14(16-15(13)21-27-22-16)23-7-9-26-10-8-23/h1-6H,7-10H2,(H2,18,24,25)(H2,19,20,28). The Kier molecular flexibility index (Phi) is 5.32. The Bertz CT molecular complexity index is 1140. The Labute approximate surface area is 172 Å². The van der Waals surface area contributed by atoms with Crippen molar-refractivity contribution in [3.63, 3.8) is 0 Å². The Hall–Kier alpha value is -2.80. The molecular weight excluding hydrogens is 416 g/mol. The van der Waals surface area contributed by atoms with Crippen molar-refractivity contribution in [1.29, 1.82) is 0 Å². The van der Waals surface area contributed by atoms with Crippen LogP contribution in [0.4, 0.5) is 17.1 Å². The van der Waals surface area contributed by atoms with Crippen LogP contribution in [0.2, 0.25) is 0 Å². The van der Waals surface area contributed by atoms with Gasteiger partial charge >= 0.3 is 0 Å². The lowest BCUT2D eigenvalue weighted by atomic mass is 10.2. The third kappa shape index (κ3) is 4.29. The number of fused-ring (bicyclic) bond motifs is 1. The van der Waals surface area contributed by atoms with Gasteiger partial charge in [0.1, 0.15) is 0 Å². The van der Waals surface area contributed by atoms with Crippen molar-refractivity contribution in [2.75, 3.05) is 41.8 Å². The number of thiocarbonyl (C=S) groups is 1. The molecule has 4 N–H and O–H groups in total. The summed E-state index contributed by atoms with van der Waals surface area (Å²) in [6, 6.07) is 9.73. The number of sulfonamides is 1. The third-order valence-electron chi connectivity index (χ3n) is 4.43. The summed E-state index contributed by atoms with van der Waals surface area (Å²) < 4.78 is 33.0. The molecule has 1 aliphatic rings. The van der Waals surface area contributed by atoms with Gasteiger partial charge in [-0.05, 0) is 58.9 Å². The van der Waals surface area contributed by atoms with Crippen LogP contribution in [0.15, 0.2) is 45.9 Å². The molecule has 0 radical (unpaired) electrons. The molecule has 29 heavy (non-hydrogen) atoms. The Morgan fingerprint density at radius 1 is 1.03 bits per heavy atom. The summed E-state index contributed by atoms with van der Waals surface area (Å²) in [5.41, 5.74) is 3.36. The van der Waals surface area contributed by atoms with Gasteiger partial charge in [0, 0.05) is 18.8 Å². The quantitative estimate of drug-likeness (QED) is 0.518. The molecule has 0 saturated carbocycles. The highest BCUT2D eigenvalue weighted by Crippen LogP contribution is 2.30. The number of benzene rings is 2. The van der Waals surface area contributed by atoms with Crippen LogP contribution >= 0.6 is 12.2 Å². The number of nitrogens with two attached hydrogens (primary N) is 1. The Balaban J connectivity index is 1.50. The first-order chi connectivity index (χ1) is 13.9. The normalized spacial score (nSPS) is 14.7. The number of nitrogens with zero attached hydrogens (tertiary/aromatic N) is 3. The van der Waals surface area contributed by atoms with Gasteiger partial charge in [0.15, 0.2) is 16.1 Å². The van der Waals surface area contributed by atoms with Crippen molar-refractivity contribution < 1.29 is 17.8 Å². The second-order valence-electron chi connectivity index (χ2n) is 6.34. The number of hydrogen-bond acceptors (Lipinski definition) is 8. The summed E-state index contributed by atoms with van der Waals surface area (Å²) in [5.74, 6) is 0. The van der Waals surface area contributed by atoms with Crippen molar-refractivity contribution >= 4 is 55.4 Å². The maximum absolute atomic E-state index is 11.3. The van der Waals surface area contributed by atoms with Crippen LogP contribution in [0.3, 0.4) is 0 Å². The van der Waals surface area contributed by atoms with E-state index in [2.05, 4.69) is 25.8 Å². The molecule has 0 bridgehead atoms. The van der Waals surface area contributed by atoms with Gasteiger partial charge in [-0.2, -0.15) is 0 Å². The first-order valence-electron chi connectivity index (χ1n) is 8.71. The molecule has 1 saturated heterocycles. The molecule has 0 aliphatic carbocycles.